The first kappa shape index (κ1) is 21.2. The molecule has 5 heteroatoms. The molecule has 0 unspecified atom stereocenters. The molecule has 0 radical (unpaired) electrons. The minimum Gasteiger partial charge on any atom is -0.360 e. The Kier molecular flexibility index (Phi) is 6.44. The highest BCUT2D eigenvalue weighted by Gasteiger charge is 2.14. The fourth-order valence-corrected chi connectivity index (χ4v) is 4.17. The summed E-state index contributed by atoms with van der Waals surface area (Å²) in [6, 6.07) is 22.0. The number of rotatable bonds is 8. The third kappa shape index (κ3) is 5.57. The van der Waals surface area contributed by atoms with E-state index in [1.807, 2.05) is 47.4 Å². The summed E-state index contributed by atoms with van der Waals surface area (Å²) >= 11 is 0. The van der Waals surface area contributed by atoms with Crippen LogP contribution in [-0.2, 0) is 11.5 Å². The molecule has 4 aromatic rings. The molecule has 0 aliphatic heterocycles. The zero-order valence-electron chi connectivity index (χ0n) is 18.5. The van der Waals surface area contributed by atoms with Crippen LogP contribution in [0.15, 0.2) is 73.1 Å². The Hall–Kier alpha value is -3.02. The first-order chi connectivity index (χ1) is 15.0. The van der Waals surface area contributed by atoms with Crippen LogP contribution in [0.3, 0.4) is 0 Å². The number of hydrogen-bond acceptors (Lipinski definition) is 3. The Bertz CT molecular complexity index is 1160. The summed E-state index contributed by atoms with van der Waals surface area (Å²) in [5.74, 6) is 0. The molecular weight excluding hydrogens is 398 g/mol. The van der Waals surface area contributed by atoms with E-state index in [9.17, 15) is 0 Å². The Labute approximate surface area is 185 Å². The Morgan fingerprint density at radius 2 is 1.68 bits per heavy atom. The van der Waals surface area contributed by atoms with Crippen LogP contribution in [0.25, 0.3) is 34.2 Å². The number of ether oxygens (including phenoxy) is 1. The van der Waals surface area contributed by atoms with E-state index in [2.05, 4.69) is 67.1 Å². The van der Waals surface area contributed by atoms with Crippen molar-refractivity contribution in [3.05, 3.63) is 84.3 Å². The Balaban J connectivity index is 1.66. The summed E-state index contributed by atoms with van der Waals surface area (Å²) in [5.41, 5.74) is 5.48. The van der Waals surface area contributed by atoms with Crippen LogP contribution < -0.4 is 0 Å². The van der Waals surface area contributed by atoms with Crippen LogP contribution in [0.4, 0.5) is 0 Å². The third-order valence-electron chi connectivity index (χ3n) is 5.24. The van der Waals surface area contributed by atoms with Crippen LogP contribution >= 0.6 is 0 Å². The lowest BCUT2D eigenvalue weighted by atomic mass is 10.0. The maximum absolute atomic E-state index is 6.03. The predicted octanol–water partition coefficient (Wildman–Crippen LogP) is 6.58. The number of nitrogens with zero attached hydrogens (tertiary/aromatic N) is 3. The van der Waals surface area contributed by atoms with Crippen molar-refractivity contribution in [2.75, 3.05) is 6.61 Å². The van der Waals surface area contributed by atoms with Crippen LogP contribution in [0, 0.1) is 0 Å². The highest BCUT2D eigenvalue weighted by atomic mass is 28.3. The van der Waals surface area contributed by atoms with E-state index in [0.717, 1.165) is 45.9 Å². The van der Waals surface area contributed by atoms with E-state index in [4.69, 9.17) is 9.84 Å². The van der Waals surface area contributed by atoms with Gasteiger partial charge in [0, 0.05) is 32.5 Å². The van der Waals surface area contributed by atoms with Crippen molar-refractivity contribution in [3.8, 4) is 11.1 Å². The average Bonchev–Trinajstić information content (AvgIpc) is 3.13. The summed E-state index contributed by atoms with van der Waals surface area (Å²) < 4.78 is 8.01. The van der Waals surface area contributed by atoms with Gasteiger partial charge in [-0.05, 0) is 53.1 Å². The lowest BCUT2D eigenvalue weighted by Gasteiger charge is -2.15. The summed E-state index contributed by atoms with van der Waals surface area (Å²) in [4.78, 5) is 4.13. The molecule has 0 N–H and O–H groups in total. The van der Waals surface area contributed by atoms with Gasteiger partial charge in [0.25, 0.3) is 0 Å². The van der Waals surface area contributed by atoms with Gasteiger partial charge in [0.15, 0.2) is 0 Å². The fraction of sp³-hybridized carbons (Fsp3) is 0.231. The largest absolute Gasteiger partial charge is 0.360 e. The van der Waals surface area contributed by atoms with Gasteiger partial charge in [-0.15, -0.1) is 0 Å². The third-order valence-corrected chi connectivity index (χ3v) is 6.94. The van der Waals surface area contributed by atoms with Crippen LogP contribution in [0.1, 0.15) is 11.3 Å². The molecule has 0 saturated heterocycles. The zero-order valence-corrected chi connectivity index (χ0v) is 19.5. The first-order valence-electron chi connectivity index (χ1n) is 10.7. The monoisotopic (exact) mass is 427 g/mol. The van der Waals surface area contributed by atoms with Gasteiger partial charge in [-0.1, -0.05) is 62.1 Å². The molecule has 2 aromatic carbocycles. The smallest absolute Gasteiger partial charge is 0.140 e. The second kappa shape index (κ2) is 9.41. The summed E-state index contributed by atoms with van der Waals surface area (Å²) in [5, 5.41) is 6.00. The van der Waals surface area contributed by atoms with Gasteiger partial charge in [-0.3, -0.25) is 4.98 Å². The Morgan fingerprint density at radius 1 is 0.903 bits per heavy atom. The van der Waals surface area contributed by atoms with Crippen molar-refractivity contribution in [2.24, 2.45) is 0 Å². The van der Waals surface area contributed by atoms with E-state index in [1.165, 1.54) is 0 Å². The van der Waals surface area contributed by atoms with Crippen LogP contribution in [-0.4, -0.2) is 29.4 Å². The maximum atomic E-state index is 6.03. The second-order valence-electron chi connectivity index (χ2n) is 8.94. The van der Waals surface area contributed by atoms with Crippen molar-refractivity contribution in [3.63, 3.8) is 0 Å². The lowest BCUT2D eigenvalue weighted by molar-refractivity contribution is 0.0816. The molecule has 0 aliphatic rings. The van der Waals surface area contributed by atoms with Gasteiger partial charge >= 0.3 is 0 Å². The average molecular weight is 428 g/mol. The van der Waals surface area contributed by atoms with Crippen molar-refractivity contribution in [2.45, 2.75) is 32.4 Å². The molecule has 0 spiro atoms. The molecule has 2 aromatic heterocycles. The van der Waals surface area contributed by atoms with Crippen molar-refractivity contribution < 1.29 is 4.74 Å². The van der Waals surface area contributed by atoms with E-state index in [-0.39, 0.29) is 0 Å². The predicted molar refractivity (Wildman–Crippen MR) is 132 cm³/mol. The molecule has 4 rings (SSSR count). The Morgan fingerprint density at radius 3 is 2.42 bits per heavy atom. The van der Waals surface area contributed by atoms with Crippen LogP contribution in [0.5, 0.6) is 0 Å². The molecular formula is C26H29N3OSi. The summed E-state index contributed by atoms with van der Waals surface area (Å²) in [6.07, 6.45) is 7.84. The van der Waals surface area contributed by atoms with Gasteiger partial charge in [0.1, 0.15) is 6.73 Å². The van der Waals surface area contributed by atoms with Crippen LogP contribution in [0.2, 0.25) is 25.7 Å². The minimum absolute atomic E-state index is 0.458. The molecule has 0 saturated carbocycles. The van der Waals surface area contributed by atoms with Crippen molar-refractivity contribution in [1.29, 1.82) is 0 Å². The lowest BCUT2D eigenvalue weighted by Crippen LogP contribution is -2.22. The summed E-state index contributed by atoms with van der Waals surface area (Å²) in [7, 11) is -1.12. The summed E-state index contributed by atoms with van der Waals surface area (Å²) in [6.45, 7) is 8.34. The van der Waals surface area contributed by atoms with E-state index >= 15 is 0 Å². The number of fused-ring (bicyclic) bond motifs is 1. The van der Waals surface area contributed by atoms with E-state index in [0.29, 0.717) is 6.73 Å². The second-order valence-corrected chi connectivity index (χ2v) is 14.6. The molecule has 0 atom stereocenters. The fourth-order valence-electron chi connectivity index (χ4n) is 3.41. The molecule has 0 amide bonds. The molecule has 31 heavy (non-hydrogen) atoms. The minimum atomic E-state index is -1.12. The highest BCUT2D eigenvalue weighted by molar-refractivity contribution is 6.76. The quantitative estimate of drug-likeness (QED) is 0.235. The van der Waals surface area contributed by atoms with Crippen molar-refractivity contribution >= 4 is 31.1 Å². The topological polar surface area (TPSA) is 39.9 Å². The van der Waals surface area contributed by atoms with E-state index in [1.54, 1.807) is 0 Å². The first-order valence-corrected chi connectivity index (χ1v) is 14.4. The van der Waals surface area contributed by atoms with E-state index < -0.39 is 8.07 Å². The standard InChI is InChI=1S/C26H29N3OSi/c1-31(2,3)18-17-30-20-29-26-19-23(22-13-15-27-16-14-22)10-11-24(26)25(28-29)12-9-21-7-5-4-6-8-21/h4-16,19H,17-18,20H2,1-3H3. The molecule has 0 aliphatic carbocycles. The molecule has 0 fully saturated rings. The van der Waals surface area contributed by atoms with Gasteiger partial charge in [-0.2, -0.15) is 5.10 Å². The number of pyridine rings is 1. The van der Waals surface area contributed by atoms with Gasteiger partial charge in [0.2, 0.25) is 0 Å². The molecule has 0 bridgehead atoms. The molecule has 4 nitrogen and oxygen atoms in total. The molecule has 158 valence electrons. The highest BCUT2D eigenvalue weighted by Crippen LogP contribution is 2.27. The number of hydrogen-bond donors (Lipinski definition) is 0. The number of aromatic nitrogens is 3. The normalized spacial score (nSPS) is 12.1. The SMILES string of the molecule is C[Si](C)(C)CCOCn1nc(C=Cc2ccccc2)c2ccc(-c3ccncc3)cc21. The van der Waals surface area contributed by atoms with Gasteiger partial charge < -0.3 is 4.74 Å². The van der Waals surface area contributed by atoms with Gasteiger partial charge in [-0.25, -0.2) is 4.68 Å². The van der Waals surface area contributed by atoms with Crippen molar-refractivity contribution in [1.82, 2.24) is 14.8 Å². The number of benzene rings is 2. The maximum Gasteiger partial charge on any atom is 0.140 e. The molecule has 2 heterocycles. The zero-order chi connectivity index (χ0) is 21.7. The van der Waals surface area contributed by atoms with Gasteiger partial charge in [0.05, 0.1) is 11.2 Å².